The molecule has 1 aromatic heterocycles. The molecule has 0 radical (unpaired) electrons. The SMILES string of the molecule is Cc1nccn1CCCNC(=O)NCc1cc(C#N)ccc1F. The first-order valence-corrected chi connectivity index (χ1v) is 7.28. The molecule has 0 fully saturated rings. The maximum Gasteiger partial charge on any atom is 0.315 e. The highest BCUT2D eigenvalue weighted by Crippen LogP contribution is 2.09. The zero-order valence-corrected chi connectivity index (χ0v) is 12.8. The summed E-state index contributed by atoms with van der Waals surface area (Å²) < 4.78 is 15.6. The maximum atomic E-state index is 13.6. The fraction of sp³-hybridized carbons (Fsp3) is 0.312. The van der Waals surface area contributed by atoms with Gasteiger partial charge in [0.15, 0.2) is 0 Å². The highest BCUT2D eigenvalue weighted by molar-refractivity contribution is 5.73. The van der Waals surface area contributed by atoms with Crippen LogP contribution in [0.15, 0.2) is 30.6 Å². The van der Waals surface area contributed by atoms with Crippen molar-refractivity contribution in [2.45, 2.75) is 26.4 Å². The van der Waals surface area contributed by atoms with Gasteiger partial charge in [-0.25, -0.2) is 14.2 Å². The number of carbonyl (C=O) groups is 1. The minimum Gasteiger partial charge on any atom is -0.338 e. The second-order valence-electron chi connectivity index (χ2n) is 5.05. The molecule has 2 aromatic rings. The molecule has 2 amide bonds. The van der Waals surface area contributed by atoms with Crippen LogP contribution in [0.1, 0.15) is 23.4 Å². The summed E-state index contributed by atoms with van der Waals surface area (Å²) in [5.74, 6) is 0.488. The smallest absolute Gasteiger partial charge is 0.315 e. The number of nitriles is 1. The number of halogens is 1. The van der Waals surface area contributed by atoms with E-state index in [4.69, 9.17) is 5.26 Å². The molecule has 0 aliphatic carbocycles. The van der Waals surface area contributed by atoms with Crippen molar-refractivity contribution in [1.82, 2.24) is 20.2 Å². The van der Waals surface area contributed by atoms with Crippen LogP contribution in [0.4, 0.5) is 9.18 Å². The summed E-state index contributed by atoms with van der Waals surface area (Å²) in [7, 11) is 0. The van der Waals surface area contributed by atoms with E-state index < -0.39 is 5.82 Å². The number of hydrogen-bond donors (Lipinski definition) is 2. The van der Waals surface area contributed by atoms with E-state index in [1.165, 1.54) is 18.2 Å². The number of imidazole rings is 1. The third-order valence-electron chi connectivity index (χ3n) is 3.40. The molecule has 0 atom stereocenters. The van der Waals surface area contributed by atoms with Gasteiger partial charge in [-0.1, -0.05) is 0 Å². The molecule has 23 heavy (non-hydrogen) atoms. The van der Waals surface area contributed by atoms with Gasteiger partial charge in [0.05, 0.1) is 11.6 Å². The molecular weight excluding hydrogens is 297 g/mol. The highest BCUT2D eigenvalue weighted by atomic mass is 19.1. The zero-order chi connectivity index (χ0) is 16.7. The summed E-state index contributed by atoms with van der Waals surface area (Å²) in [5, 5.41) is 14.1. The lowest BCUT2D eigenvalue weighted by Crippen LogP contribution is -2.36. The Morgan fingerprint density at radius 1 is 1.43 bits per heavy atom. The largest absolute Gasteiger partial charge is 0.338 e. The van der Waals surface area contributed by atoms with Crippen LogP contribution in [0, 0.1) is 24.1 Å². The molecule has 120 valence electrons. The van der Waals surface area contributed by atoms with Crippen LogP contribution in [0.3, 0.4) is 0 Å². The molecule has 0 aliphatic rings. The summed E-state index contributed by atoms with van der Waals surface area (Å²) in [6.45, 7) is 3.23. The van der Waals surface area contributed by atoms with E-state index in [1.54, 1.807) is 6.20 Å². The van der Waals surface area contributed by atoms with Crippen molar-refractivity contribution in [3.8, 4) is 6.07 Å². The number of carbonyl (C=O) groups excluding carboxylic acids is 1. The van der Waals surface area contributed by atoms with Crippen molar-refractivity contribution in [1.29, 1.82) is 5.26 Å². The molecule has 0 bridgehead atoms. The van der Waals surface area contributed by atoms with E-state index in [9.17, 15) is 9.18 Å². The third kappa shape index (κ3) is 4.81. The Morgan fingerprint density at radius 2 is 2.26 bits per heavy atom. The van der Waals surface area contributed by atoms with Crippen LogP contribution < -0.4 is 10.6 Å². The van der Waals surface area contributed by atoms with Gasteiger partial charge in [0.1, 0.15) is 11.6 Å². The van der Waals surface area contributed by atoms with Crippen molar-refractivity contribution in [3.05, 3.63) is 53.4 Å². The lowest BCUT2D eigenvalue weighted by Gasteiger charge is -2.09. The van der Waals surface area contributed by atoms with Crippen LogP contribution in [0.2, 0.25) is 0 Å². The zero-order valence-electron chi connectivity index (χ0n) is 12.8. The number of nitrogens with zero attached hydrogens (tertiary/aromatic N) is 3. The molecule has 0 aliphatic heterocycles. The van der Waals surface area contributed by atoms with Crippen LogP contribution in [-0.2, 0) is 13.1 Å². The Kier molecular flexibility index (Phi) is 5.69. The maximum absolute atomic E-state index is 13.6. The first-order valence-electron chi connectivity index (χ1n) is 7.28. The predicted molar refractivity (Wildman–Crippen MR) is 82.9 cm³/mol. The highest BCUT2D eigenvalue weighted by Gasteiger charge is 2.06. The van der Waals surface area contributed by atoms with Crippen LogP contribution >= 0.6 is 0 Å². The molecule has 2 N–H and O–H groups in total. The van der Waals surface area contributed by atoms with Gasteiger partial charge in [-0.2, -0.15) is 5.26 Å². The van der Waals surface area contributed by atoms with Gasteiger partial charge in [0, 0.05) is 37.6 Å². The third-order valence-corrected chi connectivity index (χ3v) is 3.40. The first-order chi connectivity index (χ1) is 11.1. The van der Waals surface area contributed by atoms with Gasteiger partial charge < -0.3 is 15.2 Å². The molecule has 2 rings (SSSR count). The summed E-state index contributed by atoms with van der Waals surface area (Å²) in [4.78, 5) is 15.8. The van der Waals surface area contributed by atoms with Gasteiger partial charge in [-0.15, -0.1) is 0 Å². The standard InChI is InChI=1S/C16H18FN5O/c1-12-19-6-8-22(12)7-2-5-20-16(23)21-11-14-9-13(10-18)3-4-15(14)17/h3-4,6,8-9H,2,5,7,11H2,1H3,(H2,20,21,23). The lowest BCUT2D eigenvalue weighted by atomic mass is 10.1. The van der Waals surface area contributed by atoms with Crippen molar-refractivity contribution in [2.75, 3.05) is 6.54 Å². The van der Waals surface area contributed by atoms with Crippen LogP contribution in [-0.4, -0.2) is 22.1 Å². The van der Waals surface area contributed by atoms with E-state index in [0.29, 0.717) is 12.1 Å². The molecule has 6 nitrogen and oxygen atoms in total. The molecule has 1 aromatic carbocycles. The Bertz CT molecular complexity index is 720. The van der Waals surface area contributed by atoms with E-state index in [-0.39, 0.29) is 18.1 Å². The average Bonchev–Trinajstić information content (AvgIpc) is 2.96. The Morgan fingerprint density at radius 3 is 2.96 bits per heavy atom. The lowest BCUT2D eigenvalue weighted by molar-refractivity contribution is 0.240. The Balaban J connectivity index is 1.71. The summed E-state index contributed by atoms with van der Waals surface area (Å²) in [6.07, 6.45) is 4.39. The van der Waals surface area contributed by atoms with Crippen molar-refractivity contribution in [3.63, 3.8) is 0 Å². The summed E-state index contributed by atoms with van der Waals surface area (Å²) in [5.41, 5.74) is 0.646. The molecule has 0 unspecified atom stereocenters. The number of benzene rings is 1. The van der Waals surface area contributed by atoms with Crippen molar-refractivity contribution >= 4 is 6.03 Å². The molecule has 1 heterocycles. The summed E-state index contributed by atoms with van der Waals surface area (Å²) >= 11 is 0. The second kappa shape index (κ2) is 7.94. The van der Waals surface area contributed by atoms with E-state index >= 15 is 0 Å². The molecular formula is C16H18FN5O. The van der Waals surface area contributed by atoms with E-state index in [1.807, 2.05) is 23.8 Å². The summed E-state index contributed by atoms with van der Waals surface area (Å²) in [6, 6.07) is 5.62. The Hall–Kier alpha value is -2.88. The first kappa shape index (κ1) is 16.5. The molecule has 0 saturated heterocycles. The number of aryl methyl sites for hydroxylation is 2. The number of nitrogens with one attached hydrogen (secondary N) is 2. The molecule has 7 heteroatoms. The fourth-order valence-corrected chi connectivity index (χ4v) is 2.11. The second-order valence-corrected chi connectivity index (χ2v) is 5.05. The van der Waals surface area contributed by atoms with Gasteiger partial charge in [0.25, 0.3) is 0 Å². The van der Waals surface area contributed by atoms with Gasteiger partial charge >= 0.3 is 6.03 Å². The van der Waals surface area contributed by atoms with Gasteiger partial charge in [0.2, 0.25) is 0 Å². The van der Waals surface area contributed by atoms with E-state index in [0.717, 1.165) is 18.8 Å². The monoisotopic (exact) mass is 315 g/mol. The van der Waals surface area contributed by atoms with Crippen LogP contribution in [0.5, 0.6) is 0 Å². The molecule has 0 saturated carbocycles. The minimum absolute atomic E-state index is 0.0355. The minimum atomic E-state index is -0.445. The number of rotatable bonds is 6. The number of hydrogen-bond acceptors (Lipinski definition) is 3. The average molecular weight is 315 g/mol. The van der Waals surface area contributed by atoms with Crippen LogP contribution in [0.25, 0.3) is 0 Å². The van der Waals surface area contributed by atoms with Gasteiger partial charge in [-0.05, 0) is 31.5 Å². The predicted octanol–water partition coefficient (Wildman–Crippen LogP) is 2.09. The fourth-order valence-electron chi connectivity index (χ4n) is 2.11. The molecule has 0 spiro atoms. The van der Waals surface area contributed by atoms with Crippen molar-refractivity contribution in [2.24, 2.45) is 0 Å². The van der Waals surface area contributed by atoms with E-state index in [2.05, 4.69) is 15.6 Å². The topological polar surface area (TPSA) is 82.7 Å². The number of aromatic nitrogens is 2. The number of urea groups is 1. The normalized spacial score (nSPS) is 10.1. The van der Waals surface area contributed by atoms with Crippen molar-refractivity contribution < 1.29 is 9.18 Å². The Labute approximate surface area is 134 Å². The number of amides is 2. The van der Waals surface area contributed by atoms with Gasteiger partial charge in [-0.3, -0.25) is 0 Å². The quantitative estimate of drug-likeness (QED) is 0.801.